The maximum atomic E-state index is 10.8. The fourth-order valence-corrected chi connectivity index (χ4v) is 2.18. The molecule has 0 amide bonds. The Kier molecular flexibility index (Phi) is 4.19. The Morgan fingerprint density at radius 3 is 2.71 bits per heavy atom. The highest BCUT2D eigenvalue weighted by Crippen LogP contribution is 2.36. The van der Waals surface area contributed by atoms with Crippen molar-refractivity contribution < 1.29 is 10.0 Å². The average Bonchev–Trinajstić information content (AvgIpc) is 3.23. The van der Waals surface area contributed by atoms with Gasteiger partial charge in [0.25, 0.3) is 5.69 Å². The second kappa shape index (κ2) is 5.89. The number of nitro groups is 1. The van der Waals surface area contributed by atoms with Gasteiger partial charge in [0.2, 0.25) is 0 Å². The van der Waals surface area contributed by atoms with Crippen molar-refractivity contribution >= 4 is 28.6 Å². The zero-order chi connectivity index (χ0) is 15.6. The molecule has 1 aliphatic carbocycles. The number of hydrogen-bond acceptors (Lipinski definition) is 5. The summed E-state index contributed by atoms with van der Waals surface area (Å²) < 4.78 is 0. The van der Waals surface area contributed by atoms with Gasteiger partial charge in [-0.3, -0.25) is 10.1 Å². The van der Waals surface area contributed by atoms with Crippen molar-refractivity contribution in [2.45, 2.75) is 19.8 Å². The number of rotatable bonds is 4. The molecule has 0 heterocycles. The van der Waals surface area contributed by atoms with Crippen LogP contribution in [0.4, 0.5) is 11.4 Å². The Hall–Kier alpha value is -2.46. The molecule has 0 spiro atoms. The topological polar surface area (TPSA) is 99.2 Å². The first kappa shape index (κ1) is 14.9. The number of nitrogens with one attached hydrogen (secondary N) is 1. The number of aryl methyl sites for hydroxylation is 1. The van der Waals surface area contributed by atoms with Gasteiger partial charge in [-0.1, -0.05) is 12.2 Å². The van der Waals surface area contributed by atoms with Crippen LogP contribution < -0.4 is 5.32 Å². The van der Waals surface area contributed by atoms with E-state index in [-0.39, 0.29) is 27.9 Å². The summed E-state index contributed by atoms with van der Waals surface area (Å²) in [5.74, 6) is 0.0478. The van der Waals surface area contributed by atoms with Gasteiger partial charge in [-0.25, -0.2) is 0 Å². The molecule has 1 aliphatic rings. The third-order valence-electron chi connectivity index (χ3n) is 3.21. The van der Waals surface area contributed by atoms with Crippen molar-refractivity contribution in [1.29, 1.82) is 5.26 Å². The van der Waals surface area contributed by atoms with Crippen molar-refractivity contribution in [2.75, 3.05) is 5.32 Å². The van der Waals surface area contributed by atoms with Crippen molar-refractivity contribution in [3.8, 4) is 6.07 Å². The van der Waals surface area contributed by atoms with Crippen LogP contribution in [0.15, 0.2) is 29.5 Å². The first-order chi connectivity index (χ1) is 9.93. The zero-order valence-corrected chi connectivity index (χ0v) is 12.1. The van der Waals surface area contributed by atoms with E-state index in [9.17, 15) is 15.2 Å². The lowest BCUT2D eigenvalue weighted by Gasteiger charge is -2.09. The molecule has 1 aromatic carbocycles. The number of benzene rings is 1. The maximum absolute atomic E-state index is 10.8. The third-order valence-corrected chi connectivity index (χ3v) is 3.52. The predicted octanol–water partition coefficient (Wildman–Crippen LogP) is 3.39. The summed E-state index contributed by atoms with van der Waals surface area (Å²) in [7, 11) is 0. The largest absolute Gasteiger partial charge is 0.511 e. The zero-order valence-electron chi connectivity index (χ0n) is 11.3. The second-order valence-electron chi connectivity index (χ2n) is 4.86. The summed E-state index contributed by atoms with van der Waals surface area (Å²) in [4.78, 5) is 10.4. The smallest absolute Gasteiger partial charge is 0.272 e. The SMILES string of the molecule is Cc1cc(NC(=S)C(C#N)=C(O)C2CC2)ccc1[N+](=O)[O-]. The highest BCUT2D eigenvalue weighted by Gasteiger charge is 2.29. The molecule has 1 aromatic rings. The summed E-state index contributed by atoms with van der Waals surface area (Å²) in [6.45, 7) is 1.62. The van der Waals surface area contributed by atoms with Crippen molar-refractivity contribution in [3.05, 3.63) is 45.2 Å². The molecular formula is C14H13N3O3S. The first-order valence-corrected chi connectivity index (χ1v) is 6.74. The van der Waals surface area contributed by atoms with Gasteiger partial charge in [0.05, 0.1) is 4.92 Å². The lowest BCUT2D eigenvalue weighted by molar-refractivity contribution is -0.385. The molecule has 0 saturated heterocycles. The van der Waals surface area contributed by atoms with E-state index < -0.39 is 4.92 Å². The molecule has 21 heavy (non-hydrogen) atoms. The molecule has 6 nitrogen and oxygen atoms in total. The molecule has 2 N–H and O–H groups in total. The fourth-order valence-electron chi connectivity index (χ4n) is 1.92. The molecule has 0 aliphatic heterocycles. The number of allylic oxidation sites excluding steroid dienone is 1. The molecule has 0 unspecified atom stereocenters. The fraction of sp³-hybridized carbons (Fsp3) is 0.286. The molecule has 0 radical (unpaired) electrons. The van der Waals surface area contributed by atoms with Crippen LogP contribution in [0.2, 0.25) is 0 Å². The summed E-state index contributed by atoms with van der Waals surface area (Å²) in [5, 5.41) is 32.6. The third kappa shape index (κ3) is 3.35. The predicted molar refractivity (Wildman–Crippen MR) is 82.0 cm³/mol. The molecule has 1 fully saturated rings. The summed E-state index contributed by atoms with van der Waals surface area (Å²) in [5.41, 5.74) is 1.10. The Bertz CT molecular complexity index is 687. The summed E-state index contributed by atoms with van der Waals surface area (Å²) in [6.07, 6.45) is 1.71. The van der Waals surface area contributed by atoms with E-state index in [2.05, 4.69) is 5.32 Å². The van der Waals surface area contributed by atoms with Gasteiger partial charge in [-0.2, -0.15) is 5.26 Å². The van der Waals surface area contributed by atoms with Gasteiger partial charge in [-0.15, -0.1) is 0 Å². The van der Waals surface area contributed by atoms with Crippen molar-refractivity contribution in [1.82, 2.24) is 0 Å². The van der Waals surface area contributed by atoms with Crippen LogP contribution >= 0.6 is 12.2 Å². The Morgan fingerprint density at radius 1 is 1.57 bits per heavy atom. The van der Waals surface area contributed by atoms with Gasteiger partial charge in [0.15, 0.2) is 0 Å². The van der Waals surface area contributed by atoms with Gasteiger partial charge in [-0.05, 0) is 31.9 Å². The Morgan fingerprint density at radius 2 is 2.24 bits per heavy atom. The molecule has 0 aromatic heterocycles. The molecule has 1 saturated carbocycles. The van der Waals surface area contributed by atoms with Gasteiger partial charge in [0, 0.05) is 23.2 Å². The van der Waals surface area contributed by atoms with E-state index in [1.165, 1.54) is 12.1 Å². The first-order valence-electron chi connectivity index (χ1n) is 6.33. The standard InChI is InChI=1S/C14H13N3O3S/c1-8-6-10(4-5-12(8)17(19)20)16-14(21)11(7-15)13(18)9-2-3-9/h4-6,9,18H,2-3H2,1H3,(H,16,21). The molecule has 7 heteroatoms. The summed E-state index contributed by atoms with van der Waals surface area (Å²) >= 11 is 5.12. The van der Waals surface area contributed by atoms with Gasteiger partial charge >= 0.3 is 0 Å². The molecule has 0 atom stereocenters. The minimum atomic E-state index is -0.461. The highest BCUT2D eigenvalue weighted by molar-refractivity contribution is 7.81. The number of thiocarbonyl (C=S) groups is 1. The number of nitrogens with zero attached hydrogens (tertiary/aromatic N) is 2. The van der Waals surface area contributed by atoms with Crippen LogP contribution in [0.25, 0.3) is 0 Å². The minimum Gasteiger partial charge on any atom is -0.511 e. The number of nitro benzene ring substituents is 1. The number of aliphatic hydroxyl groups excluding tert-OH is 1. The molecule has 0 bridgehead atoms. The molecular weight excluding hydrogens is 290 g/mol. The maximum Gasteiger partial charge on any atom is 0.272 e. The minimum absolute atomic E-state index is 0.0170. The summed E-state index contributed by atoms with van der Waals surface area (Å²) in [6, 6.07) is 6.37. The number of aliphatic hydroxyl groups is 1. The highest BCUT2D eigenvalue weighted by atomic mass is 32.1. The van der Waals surface area contributed by atoms with E-state index in [0.29, 0.717) is 11.3 Å². The van der Waals surface area contributed by atoms with Crippen LogP contribution in [0.5, 0.6) is 0 Å². The molecule has 2 rings (SSSR count). The Balaban J connectivity index is 2.20. The Labute approximate surface area is 126 Å². The monoisotopic (exact) mass is 303 g/mol. The van der Waals surface area contributed by atoms with E-state index >= 15 is 0 Å². The van der Waals surface area contributed by atoms with Crippen LogP contribution in [0, 0.1) is 34.3 Å². The second-order valence-corrected chi connectivity index (χ2v) is 5.27. The normalized spacial score (nSPS) is 14.9. The van der Waals surface area contributed by atoms with Crippen LogP contribution in [0.1, 0.15) is 18.4 Å². The lowest BCUT2D eigenvalue weighted by atomic mass is 10.1. The van der Waals surface area contributed by atoms with Crippen molar-refractivity contribution in [2.24, 2.45) is 5.92 Å². The van der Waals surface area contributed by atoms with Crippen LogP contribution in [0.3, 0.4) is 0 Å². The van der Waals surface area contributed by atoms with E-state index in [1.54, 1.807) is 13.0 Å². The average molecular weight is 303 g/mol. The molecule has 108 valence electrons. The van der Waals surface area contributed by atoms with E-state index in [0.717, 1.165) is 12.8 Å². The van der Waals surface area contributed by atoms with Crippen LogP contribution in [-0.4, -0.2) is 15.0 Å². The van der Waals surface area contributed by atoms with Gasteiger partial charge < -0.3 is 10.4 Å². The van der Waals surface area contributed by atoms with E-state index in [1.807, 2.05) is 6.07 Å². The van der Waals surface area contributed by atoms with Gasteiger partial charge in [0.1, 0.15) is 22.4 Å². The quantitative estimate of drug-likeness (QED) is 0.221. The lowest BCUT2D eigenvalue weighted by Crippen LogP contribution is -2.14. The number of anilines is 1. The van der Waals surface area contributed by atoms with Crippen molar-refractivity contribution in [3.63, 3.8) is 0 Å². The number of nitriles is 1. The van der Waals surface area contributed by atoms with E-state index in [4.69, 9.17) is 17.5 Å². The van der Waals surface area contributed by atoms with Crippen LogP contribution in [-0.2, 0) is 0 Å². The number of hydrogen-bond donors (Lipinski definition) is 2.